The molecule has 0 bridgehead atoms. The van der Waals surface area contributed by atoms with Crippen LogP contribution < -0.4 is 0 Å². The van der Waals surface area contributed by atoms with Gasteiger partial charge in [-0.3, -0.25) is 0 Å². The molecule has 0 aliphatic heterocycles. The topological polar surface area (TPSA) is 76.2 Å². The highest BCUT2D eigenvalue weighted by molar-refractivity contribution is 5.90. The fourth-order valence-electron chi connectivity index (χ4n) is 2.07. The molecule has 2 aromatic heterocycles. The van der Waals surface area contributed by atoms with Crippen LogP contribution in [-0.4, -0.2) is 21.0 Å². The summed E-state index contributed by atoms with van der Waals surface area (Å²) in [5.41, 5.74) is 2.83. The summed E-state index contributed by atoms with van der Waals surface area (Å²) in [4.78, 5) is 19.0. The molecule has 0 amide bonds. The van der Waals surface area contributed by atoms with Crippen molar-refractivity contribution in [3.63, 3.8) is 0 Å². The van der Waals surface area contributed by atoms with Gasteiger partial charge in [-0.1, -0.05) is 0 Å². The van der Waals surface area contributed by atoms with E-state index in [1.807, 2.05) is 24.3 Å². The molecular weight excluding hydrogens is 244 g/mol. The molecule has 0 saturated heterocycles. The second-order valence-electron chi connectivity index (χ2n) is 4.17. The molecule has 5 nitrogen and oxygen atoms in total. The molecule has 0 atom stereocenters. The van der Waals surface area contributed by atoms with Crippen LogP contribution in [0, 0.1) is 6.92 Å². The van der Waals surface area contributed by atoms with Crippen molar-refractivity contribution in [2.24, 2.45) is 0 Å². The molecule has 0 spiro atoms. The maximum absolute atomic E-state index is 11.1. The van der Waals surface area contributed by atoms with E-state index in [1.54, 1.807) is 13.2 Å². The predicted octanol–water partition coefficient (Wildman–Crippen LogP) is 2.90. The average Bonchev–Trinajstić information content (AvgIpc) is 2.85. The molecule has 0 aliphatic rings. The maximum Gasteiger partial charge on any atom is 0.354 e. The Morgan fingerprint density at radius 1 is 1.26 bits per heavy atom. The third-order valence-electron chi connectivity index (χ3n) is 3.01. The summed E-state index contributed by atoms with van der Waals surface area (Å²) in [6, 6.07) is 7.46. The normalized spacial score (nSPS) is 10.8. The predicted molar refractivity (Wildman–Crippen MR) is 68.9 cm³/mol. The van der Waals surface area contributed by atoms with Gasteiger partial charge in [-0.15, -0.1) is 0 Å². The fourth-order valence-corrected chi connectivity index (χ4v) is 2.07. The zero-order valence-electron chi connectivity index (χ0n) is 10.1. The van der Waals surface area contributed by atoms with Crippen molar-refractivity contribution in [1.82, 2.24) is 9.97 Å². The minimum absolute atomic E-state index is 0.0253. The van der Waals surface area contributed by atoms with E-state index in [0.717, 1.165) is 16.5 Å². The van der Waals surface area contributed by atoms with Crippen molar-refractivity contribution in [3.8, 4) is 11.3 Å². The molecule has 19 heavy (non-hydrogen) atoms. The molecule has 2 heterocycles. The quantitative estimate of drug-likeness (QED) is 0.760. The van der Waals surface area contributed by atoms with Gasteiger partial charge in [-0.2, -0.15) is 0 Å². The van der Waals surface area contributed by atoms with Gasteiger partial charge in [-0.05, 0) is 31.2 Å². The van der Waals surface area contributed by atoms with Gasteiger partial charge in [0.15, 0.2) is 5.69 Å². The maximum atomic E-state index is 11.1. The molecule has 94 valence electrons. The lowest BCUT2D eigenvalue weighted by Crippen LogP contribution is -2.05. The molecule has 0 fully saturated rings. The molecule has 0 saturated carbocycles. The molecule has 3 rings (SSSR count). The lowest BCUT2D eigenvalue weighted by Gasteiger charge is -2.06. The van der Waals surface area contributed by atoms with Gasteiger partial charge >= 0.3 is 5.97 Å². The van der Waals surface area contributed by atoms with Crippen LogP contribution >= 0.6 is 0 Å². The second-order valence-corrected chi connectivity index (χ2v) is 4.17. The number of aromatic nitrogens is 2. The summed E-state index contributed by atoms with van der Waals surface area (Å²) in [7, 11) is 0. The summed E-state index contributed by atoms with van der Waals surface area (Å²) in [5.74, 6) is -1.05. The standard InChI is InChI=1S/C14H10N2O3/c1-8-12(15-7-16-13(8)14(17)18)10-2-3-11-9(6-10)4-5-19-11/h2-7H,1H3,(H,17,18). The first-order valence-electron chi connectivity index (χ1n) is 5.69. The number of aromatic carboxylic acids is 1. The lowest BCUT2D eigenvalue weighted by molar-refractivity contribution is 0.0689. The highest BCUT2D eigenvalue weighted by Gasteiger charge is 2.14. The summed E-state index contributed by atoms with van der Waals surface area (Å²) in [6.07, 6.45) is 2.88. The van der Waals surface area contributed by atoms with Gasteiger partial charge in [0.2, 0.25) is 0 Å². The van der Waals surface area contributed by atoms with E-state index in [0.29, 0.717) is 11.3 Å². The van der Waals surface area contributed by atoms with E-state index >= 15 is 0 Å². The molecule has 0 aliphatic carbocycles. The Hall–Kier alpha value is -2.69. The highest BCUT2D eigenvalue weighted by atomic mass is 16.4. The van der Waals surface area contributed by atoms with Crippen molar-refractivity contribution >= 4 is 16.9 Å². The first-order chi connectivity index (χ1) is 9.16. The second kappa shape index (κ2) is 4.20. The average molecular weight is 254 g/mol. The molecular formula is C14H10N2O3. The molecule has 5 heteroatoms. The number of fused-ring (bicyclic) bond motifs is 1. The number of rotatable bonds is 2. The number of furan rings is 1. The van der Waals surface area contributed by atoms with Crippen LogP contribution in [0.15, 0.2) is 41.3 Å². The summed E-state index contributed by atoms with van der Waals surface area (Å²) in [5, 5.41) is 10.0. The van der Waals surface area contributed by atoms with E-state index in [9.17, 15) is 4.79 Å². The van der Waals surface area contributed by atoms with Gasteiger partial charge in [0.05, 0.1) is 12.0 Å². The van der Waals surface area contributed by atoms with Crippen LogP contribution in [0.1, 0.15) is 16.1 Å². The molecule has 0 unspecified atom stereocenters. The Morgan fingerprint density at radius 3 is 2.89 bits per heavy atom. The first-order valence-corrected chi connectivity index (χ1v) is 5.69. The van der Waals surface area contributed by atoms with Crippen LogP contribution in [0.4, 0.5) is 0 Å². The Morgan fingerprint density at radius 2 is 2.11 bits per heavy atom. The van der Waals surface area contributed by atoms with Crippen LogP contribution in [0.25, 0.3) is 22.2 Å². The summed E-state index contributed by atoms with van der Waals surface area (Å²) in [6.45, 7) is 1.71. The Kier molecular flexibility index (Phi) is 2.52. The van der Waals surface area contributed by atoms with Crippen LogP contribution in [0.5, 0.6) is 0 Å². The van der Waals surface area contributed by atoms with Gasteiger partial charge in [-0.25, -0.2) is 14.8 Å². The minimum Gasteiger partial charge on any atom is -0.477 e. The number of carbonyl (C=O) groups is 1. The number of carboxylic acid groups (broad SMARTS) is 1. The molecule has 3 aromatic rings. The third kappa shape index (κ3) is 1.85. The monoisotopic (exact) mass is 254 g/mol. The molecule has 1 N–H and O–H groups in total. The fraction of sp³-hybridized carbons (Fsp3) is 0.0714. The van der Waals surface area contributed by atoms with Crippen LogP contribution in [0.3, 0.4) is 0 Å². The minimum atomic E-state index is -1.05. The van der Waals surface area contributed by atoms with Crippen LogP contribution in [-0.2, 0) is 0 Å². The smallest absolute Gasteiger partial charge is 0.354 e. The zero-order chi connectivity index (χ0) is 13.4. The van der Waals surface area contributed by atoms with Crippen molar-refractivity contribution in [2.45, 2.75) is 6.92 Å². The largest absolute Gasteiger partial charge is 0.477 e. The number of hydrogen-bond donors (Lipinski definition) is 1. The van der Waals surface area contributed by atoms with Crippen molar-refractivity contribution in [3.05, 3.63) is 48.1 Å². The van der Waals surface area contributed by atoms with Gasteiger partial charge in [0, 0.05) is 16.5 Å². The number of benzene rings is 1. The van der Waals surface area contributed by atoms with Crippen molar-refractivity contribution in [2.75, 3.05) is 0 Å². The zero-order valence-corrected chi connectivity index (χ0v) is 10.1. The van der Waals surface area contributed by atoms with E-state index in [1.165, 1.54) is 6.33 Å². The number of hydrogen-bond acceptors (Lipinski definition) is 4. The Bertz CT molecular complexity index is 777. The SMILES string of the molecule is Cc1c(C(=O)O)ncnc1-c1ccc2occc2c1. The lowest BCUT2D eigenvalue weighted by atomic mass is 10.0. The summed E-state index contributed by atoms with van der Waals surface area (Å²) >= 11 is 0. The van der Waals surface area contributed by atoms with Gasteiger partial charge < -0.3 is 9.52 Å². The van der Waals surface area contributed by atoms with E-state index in [2.05, 4.69) is 9.97 Å². The first kappa shape index (κ1) is 11.4. The molecule has 1 aromatic carbocycles. The third-order valence-corrected chi connectivity index (χ3v) is 3.01. The van der Waals surface area contributed by atoms with E-state index in [4.69, 9.17) is 9.52 Å². The Labute approximate surface area is 108 Å². The Balaban J connectivity index is 2.20. The van der Waals surface area contributed by atoms with E-state index < -0.39 is 5.97 Å². The van der Waals surface area contributed by atoms with Gasteiger partial charge in [0.1, 0.15) is 11.9 Å². The van der Waals surface area contributed by atoms with Crippen molar-refractivity contribution < 1.29 is 14.3 Å². The van der Waals surface area contributed by atoms with Crippen molar-refractivity contribution in [1.29, 1.82) is 0 Å². The van der Waals surface area contributed by atoms with Crippen LogP contribution in [0.2, 0.25) is 0 Å². The number of carboxylic acids is 1. The molecule has 0 radical (unpaired) electrons. The number of nitrogens with zero attached hydrogens (tertiary/aromatic N) is 2. The van der Waals surface area contributed by atoms with Gasteiger partial charge in [0.25, 0.3) is 0 Å². The highest BCUT2D eigenvalue weighted by Crippen LogP contribution is 2.26. The summed E-state index contributed by atoms with van der Waals surface area (Å²) < 4.78 is 5.27. The van der Waals surface area contributed by atoms with E-state index in [-0.39, 0.29) is 5.69 Å².